The lowest BCUT2D eigenvalue weighted by atomic mass is 10.1. The third-order valence-corrected chi connectivity index (χ3v) is 10.8. The summed E-state index contributed by atoms with van der Waals surface area (Å²) in [6, 6.07) is 33.5. The minimum Gasteiger partial charge on any atom is -0.445 e. The quantitative estimate of drug-likeness (QED) is 0.159. The molecule has 7 aromatic rings. The molecule has 0 unspecified atom stereocenters. The molecule has 0 N–H and O–H groups in total. The van der Waals surface area contributed by atoms with Gasteiger partial charge in [-0.25, -0.2) is 23.9 Å². The number of imidazole rings is 2. The molecule has 284 valence electrons. The first-order valence-electron chi connectivity index (χ1n) is 18.7. The maximum absolute atomic E-state index is 14.4. The van der Waals surface area contributed by atoms with E-state index >= 15 is 0 Å². The predicted octanol–water partition coefficient (Wildman–Crippen LogP) is 10.2. The van der Waals surface area contributed by atoms with Gasteiger partial charge in [-0.15, -0.1) is 0 Å². The molecule has 3 aromatic carbocycles. The predicted molar refractivity (Wildman–Crippen MR) is 214 cm³/mol. The van der Waals surface area contributed by atoms with Crippen LogP contribution in [-0.4, -0.2) is 53.8 Å². The number of hydrogen-bond donors (Lipinski definition) is 0. The summed E-state index contributed by atoms with van der Waals surface area (Å²) in [5.41, 5.74) is 6.41. The molecule has 2 saturated heterocycles. The second-order valence-corrected chi connectivity index (χ2v) is 14.7. The number of amides is 2. The van der Waals surface area contributed by atoms with E-state index in [1.807, 2.05) is 125 Å². The number of likely N-dealkylation sites (tertiary alicyclic amines) is 2. The van der Waals surface area contributed by atoms with Gasteiger partial charge in [0.25, 0.3) is 0 Å². The average molecular weight is 816 g/mol. The lowest BCUT2D eigenvalue weighted by molar-refractivity contribution is 0.0909. The van der Waals surface area contributed by atoms with Crippen LogP contribution in [0.25, 0.3) is 22.4 Å². The number of pyridine rings is 2. The third-order valence-electron chi connectivity index (χ3n) is 10.2. The topological polar surface area (TPSA) is 93.7 Å². The van der Waals surface area contributed by atoms with Crippen LogP contribution in [0.4, 0.5) is 14.0 Å². The van der Waals surface area contributed by atoms with Crippen LogP contribution >= 0.6 is 15.9 Å². The summed E-state index contributed by atoms with van der Waals surface area (Å²) < 4.78 is 30.3. The van der Waals surface area contributed by atoms with Gasteiger partial charge in [-0.3, -0.25) is 9.80 Å². The van der Waals surface area contributed by atoms with Gasteiger partial charge in [-0.1, -0.05) is 78.9 Å². The molecule has 4 aromatic heterocycles. The summed E-state index contributed by atoms with van der Waals surface area (Å²) in [6.45, 7) is 1.87. The van der Waals surface area contributed by atoms with E-state index in [4.69, 9.17) is 19.4 Å². The number of halogens is 2. The van der Waals surface area contributed by atoms with Crippen molar-refractivity contribution in [3.63, 3.8) is 0 Å². The Bertz CT molecular complexity index is 2460. The lowest BCUT2D eigenvalue weighted by Gasteiger charge is -2.22. The number of ether oxygens (including phenoxy) is 2. The molecule has 2 aliphatic heterocycles. The second-order valence-electron chi connectivity index (χ2n) is 13.8. The van der Waals surface area contributed by atoms with E-state index in [2.05, 4.69) is 15.9 Å². The molecular weight excluding hydrogens is 775 g/mol. The highest BCUT2D eigenvalue weighted by atomic mass is 79.9. The van der Waals surface area contributed by atoms with Crippen molar-refractivity contribution in [2.75, 3.05) is 13.1 Å². The number of rotatable bonds is 7. The van der Waals surface area contributed by atoms with Gasteiger partial charge in [0, 0.05) is 49.0 Å². The number of nitrogens with zero attached hydrogens (tertiary/aromatic N) is 6. The Morgan fingerprint density at radius 2 is 1.11 bits per heavy atom. The molecule has 12 heteroatoms. The molecule has 6 heterocycles. The van der Waals surface area contributed by atoms with Crippen LogP contribution in [0.1, 0.15) is 60.3 Å². The summed E-state index contributed by atoms with van der Waals surface area (Å²) >= 11 is 3.52. The van der Waals surface area contributed by atoms with Crippen molar-refractivity contribution in [2.24, 2.45) is 0 Å². The SMILES string of the molecule is O=C(OCc1ccccc1)N1CCC[C@H]1c1cn2cccc(-c3ccccc3F)c2n1.O=C(OCc1ccccc1)N1CCC[C@H]1c1cn2cccc(Br)c2n1. The lowest BCUT2D eigenvalue weighted by Crippen LogP contribution is -2.31. The van der Waals surface area contributed by atoms with Crippen LogP contribution in [0.15, 0.2) is 138 Å². The molecule has 9 rings (SSSR count). The van der Waals surface area contributed by atoms with Crippen LogP contribution in [0, 0.1) is 5.82 Å². The Balaban J connectivity index is 0.000000161. The van der Waals surface area contributed by atoms with Crippen molar-refractivity contribution < 1.29 is 23.5 Å². The zero-order chi connectivity index (χ0) is 38.4. The zero-order valence-corrected chi connectivity index (χ0v) is 32.2. The molecule has 0 bridgehead atoms. The highest BCUT2D eigenvalue weighted by Crippen LogP contribution is 2.35. The Labute approximate surface area is 332 Å². The van der Waals surface area contributed by atoms with E-state index in [0.29, 0.717) is 30.9 Å². The summed E-state index contributed by atoms with van der Waals surface area (Å²) in [5.74, 6) is -0.285. The minimum absolute atomic E-state index is 0.0323. The van der Waals surface area contributed by atoms with Crippen molar-refractivity contribution in [3.8, 4) is 11.1 Å². The molecule has 0 spiro atoms. The normalized spacial score (nSPS) is 16.5. The maximum Gasteiger partial charge on any atom is 0.410 e. The van der Waals surface area contributed by atoms with Crippen molar-refractivity contribution >= 4 is 39.4 Å². The van der Waals surface area contributed by atoms with E-state index in [9.17, 15) is 14.0 Å². The molecule has 2 amide bonds. The Morgan fingerprint density at radius 3 is 1.66 bits per heavy atom. The van der Waals surface area contributed by atoms with Crippen LogP contribution in [0.2, 0.25) is 0 Å². The average Bonchev–Trinajstić information content (AvgIpc) is 4.06. The van der Waals surface area contributed by atoms with Gasteiger partial charge in [0.15, 0.2) is 5.65 Å². The van der Waals surface area contributed by atoms with Crippen LogP contribution < -0.4 is 0 Å². The first-order valence-corrected chi connectivity index (χ1v) is 19.5. The summed E-state index contributed by atoms with van der Waals surface area (Å²) in [4.78, 5) is 38.4. The van der Waals surface area contributed by atoms with Gasteiger partial charge >= 0.3 is 12.2 Å². The highest BCUT2D eigenvalue weighted by molar-refractivity contribution is 9.10. The molecule has 2 fully saturated rings. The molecular formula is C44H40BrFN6O4. The molecule has 56 heavy (non-hydrogen) atoms. The summed E-state index contributed by atoms with van der Waals surface area (Å²) in [6.07, 6.45) is 10.7. The number of fused-ring (bicyclic) bond motifs is 2. The molecule has 2 atom stereocenters. The standard InChI is InChI=1S/C25H22FN3O2.C19H18BrN3O2/c26-21-12-5-4-10-19(21)20-11-6-14-28-16-22(27-24(20)28)23-13-7-15-29(23)25(30)31-17-18-8-2-1-3-9-18;20-15-8-4-10-22-12-16(21-18(15)22)17-9-5-11-23(17)19(24)25-13-14-6-2-1-3-7-14/h1-6,8-12,14,16,23H,7,13,15,17H2;1-4,6-8,10,12,17H,5,9,11,13H2/t23-;17-/m00/s1. The van der Waals surface area contributed by atoms with Gasteiger partial charge in [0.2, 0.25) is 0 Å². The molecule has 10 nitrogen and oxygen atoms in total. The van der Waals surface area contributed by atoms with E-state index in [0.717, 1.165) is 63.9 Å². The molecule has 0 radical (unpaired) electrons. The van der Waals surface area contributed by atoms with Crippen molar-refractivity contribution in [3.05, 3.63) is 167 Å². The van der Waals surface area contributed by atoms with Gasteiger partial charge in [-0.2, -0.15) is 0 Å². The molecule has 0 saturated carbocycles. The number of benzene rings is 3. The largest absolute Gasteiger partial charge is 0.445 e. The van der Waals surface area contributed by atoms with Crippen LogP contribution in [0.5, 0.6) is 0 Å². The highest BCUT2D eigenvalue weighted by Gasteiger charge is 2.34. The number of carbonyl (C=O) groups excluding carboxylic acids is 2. The minimum atomic E-state index is -0.335. The van der Waals surface area contributed by atoms with Crippen molar-refractivity contribution in [1.82, 2.24) is 28.6 Å². The monoisotopic (exact) mass is 814 g/mol. The molecule has 2 aliphatic rings. The van der Waals surface area contributed by atoms with Gasteiger partial charge in [-0.05, 0) is 83.1 Å². The maximum atomic E-state index is 14.4. The van der Waals surface area contributed by atoms with E-state index in [1.54, 1.807) is 21.9 Å². The van der Waals surface area contributed by atoms with Gasteiger partial charge in [0.05, 0.1) is 27.9 Å². The smallest absolute Gasteiger partial charge is 0.410 e. The van der Waals surface area contributed by atoms with Gasteiger partial charge < -0.3 is 18.3 Å². The summed E-state index contributed by atoms with van der Waals surface area (Å²) in [5, 5.41) is 0. The fourth-order valence-corrected chi connectivity index (χ4v) is 7.88. The van der Waals surface area contributed by atoms with Crippen LogP contribution in [0.3, 0.4) is 0 Å². The second kappa shape index (κ2) is 16.8. The number of aromatic nitrogens is 4. The fourth-order valence-electron chi connectivity index (χ4n) is 7.43. The van der Waals surface area contributed by atoms with E-state index in [-0.39, 0.29) is 36.7 Å². The van der Waals surface area contributed by atoms with E-state index in [1.165, 1.54) is 6.07 Å². The van der Waals surface area contributed by atoms with Crippen molar-refractivity contribution in [2.45, 2.75) is 51.0 Å². The van der Waals surface area contributed by atoms with E-state index < -0.39 is 0 Å². The first-order chi connectivity index (χ1) is 27.4. The fraction of sp³-hybridized carbons (Fsp3) is 0.227. The van der Waals surface area contributed by atoms with Crippen molar-refractivity contribution in [1.29, 1.82) is 0 Å². The van der Waals surface area contributed by atoms with Crippen LogP contribution in [-0.2, 0) is 22.7 Å². The number of hydrogen-bond acceptors (Lipinski definition) is 6. The number of carbonyl (C=O) groups is 2. The Morgan fingerprint density at radius 1 is 0.625 bits per heavy atom. The van der Waals surface area contributed by atoms with Gasteiger partial charge in [0.1, 0.15) is 24.7 Å². The summed E-state index contributed by atoms with van der Waals surface area (Å²) in [7, 11) is 0. The molecule has 0 aliphatic carbocycles. The first kappa shape index (κ1) is 36.9. The Hall–Kier alpha value is -6.01. The Kier molecular flexibility index (Phi) is 11.1. The zero-order valence-electron chi connectivity index (χ0n) is 30.6. The third kappa shape index (κ3) is 8.01.